The Kier molecular flexibility index (Phi) is 10.7. The SMILES string of the molecule is CC(Cc1ccc(OCCCN(Cc2ccccc2)C(=O)Nc2ccc(-c3ccccc3)cc2)cc1)(Oc1ccccc1)C(=O)[O-]. The van der Waals surface area contributed by atoms with Gasteiger partial charge in [0, 0.05) is 25.2 Å². The van der Waals surface area contributed by atoms with Crippen molar-refractivity contribution >= 4 is 17.7 Å². The van der Waals surface area contributed by atoms with Gasteiger partial charge < -0.3 is 29.6 Å². The average molecular weight is 614 g/mol. The predicted octanol–water partition coefficient (Wildman–Crippen LogP) is 6.99. The van der Waals surface area contributed by atoms with Gasteiger partial charge in [0.25, 0.3) is 0 Å². The van der Waals surface area contributed by atoms with Crippen LogP contribution in [0.1, 0.15) is 24.5 Å². The summed E-state index contributed by atoms with van der Waals surface area (Å²) in [7, 11) is 0. The normalized spacial score (nSPS) is 12.0. The minimum Gasteiger partial charge on any atom is -0.546 e. The molecule has 0 saturated carbocycles. The number of carbonyl (C=O) groups is 2. The van der Waals surface area contributed by atoms with Crippen LogP contribution in [0.25, 0.3) is 11.1 Å². The zero-order valence-electron chi connectivity index (χ0n) is 25.8. The number of aliphatic carboxylic acids is 1. The molecule has 0 aliphatic rings. The Morgan fingerprint density at radius 2 is 1.28 bits per heavy atom. The third kappa shape index (κ3) is 8.99. The molecule has 5 aromatic carbocycles. The van der Waals surface area contributed by atoms with Crippen LogP contribution in [0.3, 0.4) is 0 Å². The van der Waals surface area contributed by atoms with Crippen LogP contribution >= 0.6 is 0 Å². The Morgan fingerprint density at radius 1 is 0.696 bits per heavy atom. The zero-order chi connectivity index (χ0) is 32.2. The van der Waals surface area contributed by atoms with Gasteiger partial charge in [-0.1, -0.05) is 103 Å². The lowest BCUT2D eigenvalue weighted by atomic mass is 9.96. The first-order valence-electron chi connectivity index (χ1n) is 15.3. The van der Waals surface area contributed by atoms with Crippen LogP contribution in [0.2, 0.25) is 0 Å². The van der Waals surface area contributed by atoms with Crippen LogP contribution in [0.15, 0.2) is 140 Å². The number of hydrogen-bond donors (Lipinski definition) is 1. The van der Waals surface area contributed by atoms with Crippen LogP contribution in [0, 0.1) is 0 Å². The second kappa shape index (κ2) is 15.4. The van der Waals surface area contributed by atoms with Crippen molar-refractivity contribution in [2.75, 3.05) is 18.5 Å². The number of carboxylic acids is 1. The van der Waals surface area contributed by atoms with E-state index in [-0.39, 0.29) is 12.5 Å². The molecule has 5 aromatic rings. The molecule has 2 amide bonds. The Morgan fingerprint density at radius 3 is 1.91 bits per heavy atom. The Labute approximate surface area is 270 Å². The van der Waals surface area contributed by atoms with Crippen molar-refractivity contribution in [2.45, 2.75) is 31.9 Å². The summed E-state index contributed by atoms with van der Waals surface area (Å²) in [6.07, 6.45) is 0.742. The average Bonchev–Trinajstić information content (AvgIpc) is 3.08. The third-order valence-corrected chi connectivity index (χ3v) is 7.57. The molecule has 1 N–H and O–H groups in total. The fraction of sp³-hybridized carbons (Fsp3) is 0.179. The van der Waals surface area contributed by atoms with Gasteiger partial charge in [0.2, 0.25) is 0 Å². The van der Waals surface area contributed by atoms with E-state index in [9.17, 15) is 14.7 Å². The summed E-state index contributed by atoms with van der Waals surface area (Å²) in [6, 6.07) is 43.7. The minimum absolute atomic E-state index is 0.128. The van der Waals surface area contributed by atoms with Gasteiger partial charge >= 0.3 is 6.03 Å². The molecule has 0 bridgehead atoms. The van der Waals surface area contributed by atoms with E-state index in [1.807, 2.05) is 91.0 Å². The number of nitrogens with zero attached hydrogens (tertiary/aromatic N) is 1. The molecular weight excluding hydrogens is 576 g/mol. The molecule has 0 spiro atoms. The second-order valence-corrected chi connectivity index (χ2v) is 11.2. The van der Waals surface area contributed by atoms with Crippen molar-refractivity contribution in [1.29, 1.82) is 0 Å². The molecule has 1 atom stereocenters. The number of hydrogen-bond acceptors (Lipinski definition) is 5. The van der Waals surface area contributed by atoms with Crippen LogP contribution in [0.4, 0.5) is 10.5 Å². The second-order valence-electron chi connectivity index (χ2n) is 11.2. The van der Waals surface area contributed by atoms with Gasteiger partial charge in [0.1, 0.15) is 17.1 Å². The summed E-state index contributed by atoms with van der Waals surface area (Å²) < 4.78 is 11.8. The summed E-state index contributed by atoms with van der Waals surface area (Å²) in [5.41, 5.74) is 3.21. The van der Waals surface area contributed by atoms with Crippen LogP contribution in [-0.4, -0.2) is 35.7 Å². The molecule has 5 rings (SSSR count). The summed E-state index contributed by atoms with van der Waals surface area (Å²) >= 11 is 0. The molecule has 46 heavy (non-hydrogen) atoms. The maximum absolute atomic E-state index is 13.4. The van der Waals surface area contributed by atoms with Gasteiger partial charge in [0.05, 0.1) is 12.6 Å². The van der Waals surface area contributed by atoms with E-state index in [1.54, 1.807) is 41.3 Å². The number of anilines is 1. The fourth-order valence-electron chi connectivity index (χ4n) is 5.07. The van der Waals surface area contributed by atoms with Crippen molar-refractivity contribution in [1.82, 2.24) is 4.90 Å². The number of carboxylic acid groups (broad SMARTS) is 1. The molecule has 1 unspecified atom stereocenters. The number of para-hydroxylation sites is 1. The largest absolute Gasteiger partial charge is 0.546 e. The van der Waals surface area contributed by atoms with Gasteiger partial charge in [-0.2, -0.15) is 0 Å². The first kappa shape index (κ1) is 31.9. The van der Waals surface area contributed by atoms with Crippen molar-refractivity contribution in [2.24, 2.45) is 0 Å². The predicted molar refractivity (Wildman–Crippen MR) is 178 cm³/mol. The number of carbonyl (C=O) groups excluding carboxylic acids is 2. The highest BCUT2D eigenvalue weighted by Crippen LogP contribution is 2.24. The minimum atomic E-state index is -1.53. The Balaban J connectivity index is 1.15. The maximum Gasteiger partial charge on any atom is 0.322 e. The van der Waals surface area contributed by atoms with E-state index in [4.69, 9.17) is 9.47 Å². The standard InChI is InChI=1S/C39H38N2O5/c1-39(37(42)43,46-36-16-9-4-10-17-36)28-30-18-24-35(25-19-30)45-27-11-26-41(29-31-12-5-2-6-13-31)38(44)40-34-22-20-33(21-23-34)32-14-7-3-8-15-32/h2-10,12-25H,11,26-29H2,1H3,(H,40,44)(H,42,43)/p-1. The van der Waals surface area contributed by atoms with E-state index >= 15 is 0 Å². The smallest absolute Gasteiger partial charge is 0.322 e. The van der Waals surface area contributed by atoms with E-state index in [0.29, 0.717) is 37.6 Å². The Hall–Kier alpha value is -5.56. The third-order valence-electron chi connectivity index (χ3n) is 7.57. The fourth-order valence-corrected chi connectivity index (χ4v) is 5.07. The molecular formula is C39H37N2O5-. The lowest BCUT2D eigenvalue weighted by molar-refractivity contribution is -0.321. The van der Waals surface area contributed by atoms with Gasteiger partial charge in [-0.25, -0.2) is 4.79 Å². The van der Waals surface area contributed by atoms with Gasteiger partial charge in [-0.15, -0.1) is 0 Å². The molecule has 0 saturated heterocycles. The number of amides is 2. The number of benzene rings is 5. The van der Waals surface area contributed by atoms with Crippen molar-refractivity contribution in [3.8, 4) is 22.6 Å². The number of ether oxygens (including phenoxy) is 2. The highest BCUT2D eigenvalue weighted by Gasteiger charge is 2.29. The Bertz CT molecular complexity index is 1680. The number of urea groups is 1. The molecule has 7 heteroatoms. The van der Waals surface area contributed by atoms with E-state index in [1.165, 1.54) is 6.92 Å². The summed E-state index contributed by atoms with van der Waals surface area (Å²) in [4.78, 5) is 27.1. The molecule has 0 radical (unpaired) electrons. The molecule has 0 aliphatic carbocycles. The number of nitrogens with one attached hydrogen (secondary N) is 1. The first-order chi connectivity index (χ1) is 22.4. The molecule has 0 heterocycles. The van der Waals surface area contributed by atoms with Crippen molar-refractivity contribution in [3.63, 3.8) is 0 Å². The van der Waals surface area contributed by atoms with Crippen molar-refractivity contribution in [3.05, 3.63) is 151 Å². The van der Waals surface area contributed by atoms with Crippen molar-refractivity contribution < 1.29 is 24.2 Å². The molecule has 0 fully saturated rings. The van der Waals surface area contributed by atoms with Gasteiger partial charge in [-0.05, 0) is 72.0 Å². The summed E-state index contributed by atoms with van der Waals surface area (Å²) in [6.45, 7) is 2.86. The molecule has 7 nitrogen and oxygen atoms in total. The first-order valence-corrected chi connectivity index (χ1v) is 15.3. The number of rotatable bonds is 14. The lowest BCUT2D eigenvalue weighted by Gasteiger charge is -2.32. The summed E-state index contributed by atoms with van der Waals surface area (Å²) in [5.74, 6) is -0.171. The topological polar surface area (TPSA) is 90.9 Å². The molecule has 234 valence electrons. The highest BCUT2D eigenvalue weighted by molar-refractivity contribution is 5.89. The zero-order valence-corrected chi connectivity index (χ0v) is 25.8. The van der Waals surface area contributed by atoms with Crippen LogP contribution in [0.5, 0.6) is 11.5 Å². The summed E-state index contributed by atoms with van der Waals surface area (Å²) in [5, 5.41) is 15.0. The molecule has 0 aromatic heterocycles. The van der Waals surface area contributed by atoms with Crippen LogP contribution in [-0.2, 0) is 17.8 Å². The van der Waals surface area contributed by atoms with E-state index in [2.05, 4.69) is 17.4 Å². The highest BCUT2D eigenvalue weighted by atomic mass is 16.5. The van der Waals surface area contributed by atoms with Gasteiger partial charge in [0.15, 0.2) is 0 Å². The lowest BCUT2D eigenvalue weighted by Crippen LogP contribution is -2.52. The monoisotopic (exact) mass is 613 g/mol. The van der Waals surface area contributed by atoms with Crippen LogP contribution < -0.4 is 19.9 Å². The maximum atomic E-state index is 13.4. The van der Waals surface area contributed by atoms with E-state index < -0.39 is 11.6 Å². The quantitative estimate of drug-likeness (QED) is 0.136. The molecule has 0 aliphatic heterocycles. The van der Waals surface area contributed by atoms with Gasteiger partial charge in [-0.3, -0.25) is 0 Å². The van der Waals surface area contributed by atoms with E-state index in [0.717, 1.165) is 27.9 Å².